The third kappa shape index (κ3) is 5.90. The molecule has 0 atom stereocenters. The number of aromatic nitrogens is 1. The highest BCUT2D eigenvalue weighted by molar-refractivity contribution is 5.89. The number of halogens is 1. The van der Waals surface area contributed by atoms with Crippen LogP contribution in [-0.4, -0.2) is 16.6 Å². The van der Waals surface area contributed by atoms with Crippen molar-refractivity contribution >= 4 is 11.5 Å². The van der Waals surface area contributed by atoms with Crippen molar-refractivity contribution in [2.24, 2.45) is 0 Å². The number of aryl methyl sites for hydroxylation is 2. The molecule has 4 nitrogen and oxygen atoms in total. The summed E-state index contributed by atoms with van der Waals surface area (Å²) >= 11 is 0. The molecule has 0 unspecified atom stereocenters. The van der Waals surface area contributed by atoms with Crippen LogP contribution < -0.4 is 9.47 Å². The minimum Gasteiger partial charge on any atom is -0.483 e. The van der Waals surface area contributed by atoms with Gasteiger partial charge in [-0.25, -0.2) is 4.39 Å². The topological polar surface area (TPSA) is 48.4 Å². The maximum Gasteiger partial charge on any atom is 0.308 e. The van der Waals surface area contributed by atoms with Gasteiger partial charge in [0.2, 0.25) is 0 Å². The first-order valence-corrected chi connectivity index (χ1v) is 11.7. The maximum absolute atomic E-state index is 13.1. The molecule has 34 heavy (non-hydrogen) atoms. The smallest absolute Gasteiger partial charge is 0.308 e. The highest BCUT2D eigenvalue weighted by Gasteiger charge is 2.30. The van der Waals surface area contributed by atoms with E-state index < -0.39 is 5.60 Å². The molecule has 5 heteroatoms. The summed E-state index contributed by atoms with van der Waals surface area (Å²) < 4.78 is 25.0. The number of unbranched alkanes of at least 4 members (excludes halogenated alkanes) is 2. The SMILES string of the molecule is CC(=O)Oc1cc(CCCCCc2ccc(F)cc2)cc2c1C(c1ccncc1)=CC(C)(C)O2. The van der Waals surface area contributed by atoms with Gasteiger partial charge in [-0.15, -0.1) is 0 Å². The summed E-state index contributed by atoms with van der Waals surface area (Å²) in [4.78, 5) is 16.0. The molecule has 1 aromatic heterocycles. The summed E-state index contributed by atoms with van der Waals surface area (Å²) in [5.74, 6) is 0.675. The third-order valence-electron chi connectivity index (χ3n) is 5.85. The number of fused-ring (bicyclic) bond motifs is 1. The molecule has 2 aromatic carbocycles. The first-order valence-electron chi connectivity index (χ1n) is 11.7. The monoisotopic (exact) mass is 459 g/mol. The Balaban J connectivity index is 1.53. The normalized spacial score (nSPS) is 14.1. The highest BCUT2D eigenvalue weighted by Crippen LogP contribution is 2.45. The average Bonchev–Trinajstić information content (AvgIpc) is 2.79. The van der Waals surface area contributed by atoms with Crippen LogP contribution in [0, 0.1) is 5.82 Å². The number of hydrogen-bond donors (Lipinski definition) is 0. The molecule has 0 aliphatic carbocycles. The second kappa shape index (κ2) is 10.2. The van der Waals surface area contributed by atoms with Crippen molar-refractivity contribution in [3.63, 3.8) is 0 Å². The second-order valence-electron chi connectivity index (χ2n) is 9.25. The Bertz CT molecular complexity index is 1180. The molecule has 2 heterocycles. The number of carbonyl (C=O) groups excluding carboxylic acids is 1. The van der Waals surface area contributed by atoms with Gasteiger partial charge >= 0.3 is 5.97 Å². The van der Waals surface area contributed by atoms with Crippen LogP contribution in [-0.2, 0) is 17.6 Å². The van der Waals surface area contributed by atoms with E-state index in [1.165, 1.54) is 19.1 Å². The van der Waals surface area contributed by atoms with Crippen LogP contribution in [0.2, 0.25) is 0 Å². The van der Waals surface area contributed by atoms with Crippen molar-refractivity contribution < 1.29 is 18.7 Å². The molecule has 0 bridgehead atoms. The van der Waals surface area contributed by atoms with Crippen LogP contribution in [0.5, 0.6) is 11.5 Å². The molecule has 0 N–H and O–H groups in total. The highest BCUT2D eigenvalue weighted by atomic mass is 19.1. The third-order valence-corrected chi connectivity index (χ3v) is 5.85. The average molecular weight is 460 g/mol. The number of rotatable bonds is 8. The number of esters is 1. The van der Waals surface area contributed by atoms with E-state index in [1.807, 2.05) is 44.2 Å². The standard InChI is InChI=1S/C29H30FNO3/c1-20(32)33-26-17-22(8-6-4-5-7-21-9-11-24(30)12-10-21)18-27-28(26)25(19-29(2,3)34-27)23-13-15-31-16-14-23/h9-19H,4-8H2,1-3H3. The lowest BCUT2D eigenvalue weighted by molar-refractivity contribution is -0.131. The number of benzene rings is 2. The van der Waals surface area contributed by atoms with Crippen LogP contribution in [0.25, 0.3) is 5.57 Å². The van der Waals surface area contributed by atoms with Crippen LogP contribution in [0.4, 0.5) is 4.39 Å². The van der Waals surface area contributed by atoms with Crippen LogP contribution in [0.3, 0.4) is 0 Å². The van der Waals surface area contributed by atoms with E-state index in [1.54, 1.807) is 12.4 Å². The van der Waals surface area contributed by atoms with Crippen molar-refractivity contribution in [1.82, 2.24) is 4.98 Å². The summed E-state index contributed by atoms with van der Waals surface area (Å²) in [6.45, 7) is 5.45. The van der Waals surface area contributed by atoms with Gasteiger partial charge in [-0.05, 0) is 104 Å². The molecule has 0 saturated heterocycles. The van der Waals surface area contributed by atoms with Gasteiger partial charge in [0, 0.05) is 19.3 Å². The zero-order chi connectivity index (χ0) is 24.1. The van der Waals surface area contributed by atoms with Gasteiger partial charge in [0.15, 0.2) is 0 Å². The predicted octanol–water partition coefficient (Wildman–Crippen LogP) is 6.70. The van der Waals surface area contributed by atoms with Gasteiger partial charge in [-0.1, -0.05) is 18.6 Å². The second-order valence-corrected chi connectivity index (χ2v) is 9.25. The van der Waals surface area contributed by atoms with Crippen molar-refractivity contribution in [3.8, 4) is 11.5 Å². The first-order chi connectivity index (χ1) is 16.3. The molecule has 176 valence electrons. The van der Waals surface area contributed by atoms with E-state index in [4.69, 9.17) is 9.47 Å². The summed E-state index contributed by atoms with van der Waals surface area (Å²) in [5.41, 5.74) is 4.47. The van der Waals surface area contributed by atoms with Crippen LogP contribution in [0.15, 0.2) is 67.0 Å². The van der Waals surface area contributed by atoms with Gasteiger partial charge in [-0.2, -0.15) is 0 Å². The fraction of sp³-hybridized carbons (Fsp3) is 0.310. The number of pyridine rings is 1. The lowest BCUT2D eigenvalue weighted by atomic mass is 9.88. The Morgan fingerprint density at radius 2 is 1.65 bits per heavy atom. The fourth-order valence-corrected chi connectivity index (χ4v) is 4.35. The quantitative estimate of drug-likeness (QED) is 0.214. The Hall–Kier alpha value is -3.47. The number of carbonyl (C=O) groups is 1. The number of hydrogen-bond acceptors (Lipinski definition) is 4. The Morgan fingerprint density at radius 3 is 2.32 bits per heavy atom. The number of ether oxygens (including phenoxy) is 2. The molecule has 3 aromatic rings. The van der Waals surface area contributed by atoms with Crippen molar-refractivity contribution in [1.29, 1.82) is 0 Å². The van der Waals surface area contributed by atoms with E-state index in [2.05, 4.69) is 17.1 Å². The molecule has 4 rings (SSSR count). The summed E-state index contributed by atoms with van der Waals surface area (Å²) in [6, 6.07) is 14.6. The van der Waals surface area contributed by atoms with Gasteiger partial charge in [0.25, 0.3) is 0 Å². The molecule has 1 aliphatic rings. The zero-order valence-corrected chi connectivity index (χ0v) is 19.9. The molecular formula is C29H30FNO3. The van der Waals surface area contributed by atoms with Gasteiger partial charge in [0.05, 0.1) is 5.56 Å². The lowest BCUT2D eigenvalue weighted by Gasteiger charge is -2.32. The molecular weight excluding hydrogens is 429 g/mol. The minimum atomic E-state index is -0.507. The lowest BCUT2D eigenvalue weighted by Crippen LogP contribution is -2.29. The van der Waals surface area contributed by atoms with E-state index in [-0.39, 0.29) is 11.8 Å². The fourth-order valence-electron chi connectivity index (χ4n) is 4.35. The van der Waals surface area contributed by atoms with Gasteiger partial charge in [0.1, 0.15) is 22.9 Å². The zero-order valence-electron chi connectivity index (χ0n) is 19.9. The van der Waals surface area contributed by atoms with Crippen LogP contribution in [0.1, 0.15) is 62.3 Å². The van der Waals surface area contributed by atoms with Crippen molar-refractivity contribution in [2.75, 3.05) is 0 Å². The molecule has 1 aliphatic heterocycles. The molecule has 0 fully saturated rings. The maximum atomic E-state index is 13.1. The summed E-state index contributed by atoms with van der Waals surface area (Å²) in [7, 11) is 0. The molecule has 0 radical (unpaired) electrons. The summed E-state index contributed by atoms with van der Waals surface area (Å²) in [5, 5.41) is 0. The van der Waals surface area contributed by atoms with E-state index >= 15 is 0 Å². The molecule has 0 saturated carbocycles. The Labute approximate surface area is 200 Å². The van der Waals surface area contributed by atoms with Crippen LogP contribution >= 0.6 is 0 Å². The van der Waals surface area contributed by atoms with Gasteiger partial charge in [-0.3, -0.25) is 9.78 Å². The number of nitrogens with zero attached hydrogens (tertiary/aromatic N) is 1. The Kier molecular flexibility index (Phi) is 7.11. The van der Waals surface area contributed by atoms with E-state index in [0.717, 1.165) is 65.7 Å². The van der Waals surface area contributed by atoms with E-state index in [0.29, 0.717) is 5.75 Å². The van der Waals surface area contributed by atoms with E-state index in [9.17, 15) is 9.18 Å². The minimum absolute atomic E-state index is 0.202. The molecule has 0 amide bonds. The molecule has 0 spiro atoms. The first kappa shape index (κ1) is 23.7. The largest absolute Gasteiger partial charge is 0.483 e. The summed E-state index contributed by atoms with van der Waals surface area (Å²) in [6.07, 6.45) is 10.4. The van der Waals surface area contributed by atoms with Crippen molar-refractivity contribution in [2.45, 2.75) is 58.5 Å². The van der Waals surface area contributed by atoms with Gasteiger partial charge < -0.3 is 9.47 Å². The predicted molar refractivity (Wildman–Crippen MR) is 131 cm³/mol. The van der Waals surface area contributed by atoms with Crippen molar-refractivity contribution in [3.05, 3.63) is 95.1 Å². The Morgan fingerprint density at radius 1 is 0.971 bits per heavy atom.